The second-order valence-corrected chi connectivity index (χ2v) is 11.3. The van der Waals surface area contributed by atoms with E-state index >= 15 is 0 Å². The van der Waals surface area contributed by atoms with E-state index in [4.69, 9.17) is 9.47 Å². The lowest BCUT2D eigenvalue weighted by Crippen LogP contribution is -2.59. The molecule has 10 atom stereocenters. The molecule has 4 nitrogen and oxygen atoms in total. The van der Waals surface area contributed by atoms with E-state index in [2.05, 4.69) is 20.8 Å². The molecule has 0 bridgehead atoms. The number of rotatable bonds is 2. The summed E-state index contributed by atoms with van der Waals surface area (Å²) in [5.74, 6) is 3.09. The average Bonchev–Trinajstić information content (AvgIpc) is 3.21. The maximum atomic E-state index is 12.4. The van der Waals surface area contributed by atoms with Crippen molar-refractivity contribution in [1.29, 1.82) is 0 Å². The third-order valence-electron chi connectivity index (χ3n) is 10.2. The number of esters is 1. The van der Waals surface area contributed by atoms with Crippen molar-refractivity contribution in [3.05, 3.63) is 0 Å². The number of Topliss-reactive ketones (excluding diaryl/α,β-unsaturated/α-hetero) is 1. The van der Waals surface area contributed by atoms with Gasteiger partial charge in [0.25, 0.3) is 0 Å². The summed E-state index contributed by atoms with van der Waals surface area (Å²) in [7, 11) is 0. The molecule has 1 heterocycles. The van der Waals surface area contributed by atoms with Crippen LogP contribution in [0.1, 0.15) is 79.6 Å². The highest BCUT2D eigenvalue weighted by Gasteiger charge is 2.76. The Morgan fingerprint density at radius 1 is 1.07 bits per heavy atom. The highest BCUT2D eigenvalue weighted by atomic mass is 16.6. The lowest BCUT2D eigenvalue weighted by molar-refractivity contribution is -0.159. The van der Waals surface area contributed by atoms with E-state index < -0.39 is 0 Å². The molecule has 5 aliphatic rings. The number of hydrogen-bond acceptors (Lipinski definition) is 4. The molecule has 1 saturated heterocycles. The van der Waals surface area contributed by atoms with Crippen LogP contribution in [0.3, 0.4) is 0 Å². The van der Waals surface area contributed by atoms with E-state index in [0.717, 1.165) is 32.1 Å². The van der Waals surface area contributed by atoms with E-state index in [1.54, 1.807) is 0 Å². The average molecular weight is 389 g/mol. The van der Waals surface area contributed by atoms with Crippen molar-refractivity contribution in [2.24, 2.45) is 40.4 Å². The van der Waals surface area contributed by atoms with Crippen LogP contribution in [0.4, 0.5) is 0 Å². The number of fused-ring (bicyclic) bond motifs is 4. The minimum Gasteiger partial charge on any atom is -0.462 e. The highest BCUT2D eigenvalue weighted by Crippen LogP contribution is 2.74. The molecule has 1 aliphatic heterocycles. The standard InChI is InChI=1S/C24H36O4/c1-13-10-19(14(2)25)22(4)8-7-18-17(21(13)22)11-20-24(28-20)12-16(27-15(3)26)6-9-23(18,24)5/h13,16-21H,6-12H2,1-5H3/t13-,16-,17-,18-,19+,20+,21+,22-,23-,24+/m1/s1. The van der Waals surface area contributed by atoms with E-state index in [9.17, 15) is 9.59 Å². The normalized spacial score (nSPS) is 56.7. The van der Waals surface area contributed by atoms with Crippen LogP contribution < -0.4 is 0 Å². The first kappa shape index (κ1) is 19.1. The number of hydrogen-bond donors (Lipinski definition) is 0. The Kier molecular flexibility index (Phi) is 3.98. The van der Waals surface area contributed by atoms with Gasteiger partial charge in [-0.1, -0.05) is 20.8 Å². The number of ether oxygens (including phenoxy) is 2. The first-order valence-electron chi connectivity index (χ1n) is 11.5. The Bertz CT molecular complexity index is 717. The number of carbonyl (C=O) groups is 2. The van der Waals surface area contributed by atoms with Gasteiger partial charge in [0, 0.05) is 24.7 Å². The summed E-state index contributed by atoms with van der Waals surface area (Å²) in [4.78, 5) is 23.9. The van der Waals surface area contributed by atoms with Gasteiger partial charge < -0.3 is 9.47 Å². The SMILES string of the molecule is CC(=O)O[C@@H]1CC[C@]2(C)[C@@H]3CC[C@@]4(C)[C@H]([C@@H]3C[C@@H]3O[C@@]32C1)[C@H](C)C[C@H]4C(C)=O. The summed E-state index contributed by atoms with van der Waals surface area (Å²) in [6, 6.07) is 0. The van der Waals surface area contributed by atoms with Crippen molar-refractivity contribution in [2.45, 2.75) is 97.4 Å². The molecule has 4 saturated carbocycles. The molecule has 0 amide bonds. The van der Waals surface area contributed by atoms with Gasteiger partial charge >= 0.3 is 5.97 Å². The summed E-state index contributed by atoms with van der Waals surface area (Å²) in [5, 5.41) is 0. The zero-order valence-corrected chi connectivity index (χ0v) is 18.1. The Labute approximate surface area is 169 Å². The number of epoxide rings is 1. The van der Waals surface area contributed by atoms with E-state index in [-0.39, 0.29) is 34.4 Å². The molecule has 0 N–H and O–H groups in total. The van der Waals surface area contributed by atoms with Gasteiger partial charge in [0.2, 0.25) is 0 Å². The molecule has 0 aromatic rings. The van der Waals surface area contributed by atoms with Gasteiger partial charge in [-0.2, -0.15) is 0 Å². The van der Waals surface area contributed by atoms with Crippen molar-refractivity contribution in [1.82, 2.24) is 0 Å². The van der Waals surface area contributed by atoms with Gasteiger partial charge in [-0.05, 0) is 74.5 Å². The minimum atomic E-state index is -0.167. The zero-order valence-electron chi connectivity index (χ0n) is 18.1. The smallest absolute Gasteiger partial charge is 0.302 e. The van der Waals surface area contributed by atoms with Crippen molar-refractivity contribution in [3.63, 3.8) is 0 Å². The Balaban J connectivity index is 1.45. The van der Waals surface area contributed by atoms with Crippen LogP contribution in [0.5, 0.6) is 0 Å². The predicted octanol–water partition coefficient (Wildman–Crippen LogP) is 4.54. The molecule has 0 aromatic carbocycles. The van der Waals surface area contributed by atoms with Crippen LogP contribution in [0, 0.1) is 40.4 Å². The summed E-state index contributed by atoms with van der Waals surface area (Å²) in [5.41, 5.74) is 0.293. The number of ketones is 1. The molecule has 4 aliphatic carbocycles. The van der Waals surface area contributed by atoms with Crippen LogP contribution in [0.2, 0.25) is 0 Å². The molecule has 0 unspecified atom stereocenters. The molecule has 28 heavy (non-hydrogen) atoms. The maximum absolute atomic E-state index is 12.4. The first-order valence-corrected chi connectivity index (χ1v) is 11.5. The van der Waals surface area contributed by atoms with Gasteiger partial charge in [-0.15, -0.1) is 0 Å². The second-order valence-electron chi connectivity index (χ2n) is 11.3. The van der Waals surface area contributed by atoms with Crippen LogP contribution in [-0.4, -0.2) is 29.6 Å². The fourth-order valence-corrected chi connectivity index (χ4v) is 9.15. The van der Waals surface area contributed by atoms with E-state index in [1.165, 1.54) is 19.8 Å². The van der Waals surface area contributed by atoms with Crippen LogP contribution in [-0.2, 0) is 19.1 Å². The summed E-state index contributed by atoms with van der Waals surface area (Å²) in [6.45, 7) is 10.6. The Morgan fingerprint density at radius 2 is 1.82 bits per heavy atom. The highest BCUT2D eigenvalue weighted by molar-refractivity contribution is 5.79. The summed E-state index contributed by atoms with van der Waals surface area (Å²) in [6.07, 6.45) is 7.89. The largest absolute Gasteiger partial charge is 0.462 e. The first-order chi connectivity index (χ1) is 13.1. The van der Waals surface area contributed by atoms with Gasteiger partial charge in [0.05, 0.1) is 6.10 Å². The topological polar surface area (TPSA) is 55.9 Å². The predicted molar refractivity (Wildman–Crippen MR) is 105 cm³/mol. The molecule has 1 spiro atoms. The van der Waals surface area contributed by atoms with Crippen molar-refractivity contribution < 1.29 is 19.1 Å². The summed E-state index contributed by atoms with van der Waals surface area (Å²) >= 11 is 0. The molecular weight excluding hydrogens is 352 g/mol. The van der Waals surface area contributed by atoms with Crippen LogP contribution >= 0.6 is 0 Å². The minimum absolute atomic E-state index is 0.0217. The summed E-state index contributed by atoms with van der Waals surface area (Å²) < 4.78 is 12.1. The van der Waals surface area contributed by atoms with E-state index in [1.807, 2.05) is 6.92 Å². The van der Waals surface area contributed by atoms with Gasteiger partial charge in [-0.25, -0.2) is 0 Å². The third kappa shape index (κ3) is 2.27. The Morgan fingerprint density at radius 3 is 2.50 bits per heavy atom. The molecule has 5 fully saturated rings. The molecule has 156 valence electrons. The molecule has 4 heteroatoms. The van der Waals surface area contributed by atoms with Crippen molar-refractivity contribution in [2.75, 3.05) is 0 Å². The third-order valence-corrected chi connectivity index (χ3v) is 10.2. The fourth-order valence-electron chi connectivity index (χ4n) is 9.15. The van der Waals surface area contributed by atoms with Crippen molar-refractivity contribution >= 4 is 11.8 Å². The van der Waals surface area contributed by atoms with Crippen molar-refractivity contribution in [3.8, 4) is 0 Å². The lowest BCUT2D eigenvalue weighted by Gasteiger charge is -2.59. The van der Waals surface area contributed by atoms with Crippen LogP contribution in [0.25, 0.3) is 0 Å². The monoisotopic (exact) mass is 388 g/mol. The van der Waals surface area contributed by atoms with Gasteiger partial charge in [0.1, 0.15) is 17.5 Å². The van der Waals surface area contributed by atoms with Gasteiger partial charge in [-0.3, -0.25) is 9.59 Å². The molecular formula is C24H36O4. The van der Waals surface area contributed by atoms with Crippen LogP contribution in [0.15, 0.2) is 0 Å². The molecule has 5 rings (SSSR count). The zero-order chi connectivity index (χ0) is 20.1. The quantitative estimate of drug-likeness (QED) is 0.515. The lowest BCUT2D eigenvalue weighted by atomic mass is 9.44. The molecule has 0 aromatic heterocycles. The van der Waals surface area contributed by atoms with Gasteiger partial charge in [0.15, 0.2) is 0 Å². The number of carbonyl (C=O) groups excluding carboxylic acids is 2. The maximum Gasteiger partial charge on any atom is 0.302 e. The second kappa shape index (κ2) is 5.83. The fraction of sp³-hybridized carbons (Fsp3) is 0.917. The van der Waals surface area contributed by atoms with E-state index in [0.29, 0.717) is 35.6 Å². The Hall–Kier alpha value is -0.900. The molecule has 0 radical (unpaired) electrons.